The van der Waals surface area contributed by atoms with Gasteiger partial charge in [0.25, 0.3) is 5.91 Å². The number of esters is 1. The molecule has 0 atom stereocenters. The Morgan fingerprint density at radius 2 is 1.68 bits per heavy atom. The lowest BCUT2D eigenvalue weighted by Crippen LogP contribution is -2.37. The number of carbonyl (C=O) groups is 3. The standard InChI is InChI=1S/C18H15BrN2O4/c19-14-9-6-13(7-10-14)8-11-17(23)25-12-16(22)21-18(24)20-15-4-2-1-3-5-15/h1-11H,12H2,(H2,20,21,22,24)/b11-8+. The molecule has 0 saturated carbocycles. The largest absolute Gasteiger partial charge is 0.452 e. The summed E-state index contributed by atoms with van der Waals surface area (Å²) in [5.41, 5.74) is 1.36. The van der Waals surface area contributed by atoms with Crippen LogP contribution in [0.15, 0.2) is 65.1 Å². The van der Waals surface area contributed by atoms with Gasteiger partial charge in [0.05, 0.1) is 0 Å². The first-order chi connectivity index (χ1) is 12.0. The predicted octanol–water partition coefficient (Wildman–Crippen LogP) is 3.35. The molecule has 0 aliphatic heterocycles. The highest BCUT2D eigenvalue weighted by molar-refractivity contribution is 9.10. The fourth-order valence-electron chi connectivity index (χ4n) is 1.77. The molecule has 0 unspecified atom stereocenters. The van der Waals surface area contributed by atoms with Gasteiger partial charge >= 0.3 is 12.0 Å². The van der Waals surface area contributed by atoms with Crippen molar-refractivity contribution in [2.45, 2.75) is 0 Å². The van der Waals surface area contributed by atoms with Gasteiger partial charge in [-0.3, -0.25) is 10.1 Å². The van der Waals surface area contributed by atoms with Crippen LogP contribution in [0.1, 0.15) is 5.56 Å². The molecule has 0 aliphatic carbocycles. The summed E-state index contributed by atoms with van der Waals surface area (Å²) in [6.45, 7) is -0.550. The minimum Gasteiger partial charge on any atom is -0.452 e. The first-order valence-electron chi connectivity index (χ1n) is 7.29. The number of imide groups is 1. The van der Waals surface area contributed by atoms with Crippen LogP contribution < -0.4 is 10.6 Å². The topological polar surface area (TPSA) is 84.5 Å². The molecule has 0 saturated heterocycles. The second kappa shape index (κ2) is 9.39. The molecule has 6 nitrogen and oxygen atoms in total. The minimum absolute atomic E-state index is 0.544. The fourth-order valence-corrected chi connectivity index (χ4v) is 2.03. The van der Waals surface area contributed by atoms with Crippen molar-refractivity contribution in [3.63, 3.8) is 0 Å². The minimum atomic E-state index is -0.723. The summed E-state index contributed by atoms with van der Waals surface area (Å²) < 4.78 is 5.70. The van der Waals surface area contributed by atoms with Crippen LogP contribution in [0.5, 0.6) is 0 Å². The summed E-state index contributed by atoms with van der Waals surface area (Å²) >= 11 is 3.31. The van der Waals surface area contributed by atoms with Gasteiger partial charge in [0.2, 0.25) is 0 Å². The molecule has 0 bridgehead atoms. The first kappa shape index (κ1) is 18.4. The Morgan fingerprint density at radius 1 is 1.00 bits per heavy atom. The molecule has 25 heavy (non-hydrogen) atoms. The third kappa shape index (κ3) is 7.01. The molecule has 0 aromatic heterocycles. The second-order valence-electron chi connectivity index (χ2n) is 4.86. The molecule has 0 aliphatic rings. The zero-order chi connectivity index (χ0) is 18.1. The van der Waals surface area contributed by atoms with Crippen molar-refractivity contribution in [1.29, 1.82) is 0 Å². The van der Waals surface area contributed by atoms with Gasteiger partial charge in [-0.1, -0.05) is 46.3 Å². The monoisotopic (exact) mass is 402 g/mol. The van der Waals surface area contributed by atoms with E-state index in [2.05, 4.69) is 26.6 Å². The molecule has 0 fully saturated rings. The predicted molar refractivity (Wildman–Crippen MR) is 97.7 cm³/mol. The molecule has 0 radical (unpaired) electrons. The van der Waals surface area contributed by atoms with E-state index in [1.807, 2.05) is 24.3 Å². The molecule has 2 aromatic carbocycles. The van der Waals surface area contributed by atoms with Crippen molar-refractivity contribution in [2.24, 2.45) is 0 Å². The highest BCUT2D eigenvalue weighted by Gasteiger charge is 2.09. The summed E-state index contributed by atoms with van der Waals surface area (Å²) in [5.74, 6) is -1.40. The summed E-state index contributed by atoms with van der Waals surface area (Å²) in [4.78, 5) is 34.8. The summed E-state index contributed by atoms with van der Waals surface area (Å²) in [6.07, 6.45) is 2.77. The van der Waals surface area contributed by atoms with Gasteiger partial charge in [-0.25, -0.2) is 9.59 Å². The van der Waals surface area contributed by atoms with Crippen LogP contribution in [-0.2, 0) is 14.3 Å². The van der Waals surface area contributed by atoms with E-state index in [-0.39, 0.29) is 0 Å². The average molecular weight is 403 g/mol. The number of hydrogen-bond acceptors (Lipinski definition) is 4. The van der Waals surface area contributed by atoms with Crippen LogP contribution in [-0.4, -0.2) is 24.5 Å². The van der Waals surface area contributed by atoms with E-state index in [9.17, 15) is 14.4 Å². The van der Waals surface area contributed by atoms with Crippen molar-refractivity contribution < 1.29 is 19.1 Å². The molecule has 0 spiro atoms. The highest BCUT2D eigenvalue weighted by Crippen LogP contribution is 2.11. The normalized spacial score (nSPS) is 10.3. The molecular weight excluding hydrogens is 388 g/mol. The number of rotatable bonds is 5. The third-order valence-electron chi connectivity index (χ3n) is 2.91. The van der Waals surface area contributed by atoms with Crippen molar-refractivity contribution in [2.75, 3.05) is 11.9 Å². The quantitative estimate of drug-likeness (QED) is 0.593. The maximum atomic E-state index is 11.6. The van der Waals surface area contributed by atoms with Gasteiger partial charge in [0, 0.05) is 16.2 Å². The Labute approximate surface area is 153 Å². The summed E-state index contributed by atoms with van der Waals surface area (Å²) in [5, 5.41) is 4.55. The summed E-state index contributed by atoms with van der Waals surface area (Å²) in [6, 6.07) is 15.3. The van der Waals surface area contributed by atoms with Crippen LogP contribution in [0.4, 0.5) is 10.5 Å². The van der Waals surface area contributed by atoms with Crippen molar-refractivity contribution in [3.8, 4) is 0 Å². The number of hydrogen-bond donors (Lipinski definition) is 2. The number of halogens is 1. The van der Waals surface area contributed by atoms with E-state index in [0.717, 1.165) is 10.0 Å². The number of urea groups is 1. The smallest absolute Gasteiger partial charge is 0.331 e. The maximum absolute atomic E-state index is 11.6. The Balaban J connectivity index is 1.72. The van der Waals surface area contributed by atoms with Crippen LogP contribution in [0, 0.1) is 0 Å². The Bertz CT molecular complexity index is 773. The second-order valence-corrected chi connectivity index (χ2v) is 5.78. The van der Waals surface area contributed by atoms with Crippen LogP contribution in [0.2, 0.25) is 0 Å². The third-order valence-corrected chi connectivity index (χ3v) is 3.44. The van der Waals surface area contributed by atoms with Gasteiger partial charge < -0.3 is 10.1 Å². The molecule has 3 amide bonds. The molecular formula is C18H15BrN2O4. The van der Waals surface area contributed by atoms with Gasteiger partial charge in [0.1, 0.15) is 0 Å². The Morgan fingerprint density at radius 3 is 2.36 bits per heavy atom. The molecule has 2 N–H and O–H groups in total. The van der Waals surface area contributed by atoms with Crippen molar-refractivity contribution in [3.05, 3.63) is 70.7 Å². The Hall–Kier alpha value is -2.93. The maximum Gasteiger partial charge on any atom is 0.331 e. The zero-order valence-electron chi connectivity index (χ0n) is 13.1. The van der Waals surface area contributed by atoms with Gasteiger partial charge in [-0.05, 0) is 35.9 Å². The molecule has 2 aromatic rings. The van der Waals surface area contributed by atoms with Crippen molar-refractivity contribution >= 4 is 45.6 Å². The number of para-hydroxylation sites is 1. The number of anilines is 1. The number of amides is 3. The van der Waals surface area contributed by atoms with E-state index < -0.39 is 24.5 Å². The number of nitrogens with one attached hydrogen (secondary N) is 2. The highest BCUT2D eigenvalue weighted by atomic mass is 79.9. The van der Waals surface area contributed by atoms with Gasteiger partial charge in [-0.15, -0.1) is 0 Å². The van der Waals surface area contributed by atoms with E-state index in [1.165, 1.54) is 6.08 Å². The molecule has 7 heteroatoms. The van der Waals surface area contributed by atoms with Crippen molar-refractivity contribution in [1.82, 2.24) is 5.32 Å². The SMILES string of the molecule is O=C(COC(=O)/C=C/c1ccc(Br)cc1)NC(=O)Nc1ccccc1. The number of carbonyl (C=O) groups excluding carboxylic acids is 3. The fraction of sp³-hybridized carbons (Fsp3) is 0.0556. The number of benzene rings is 2. The lowest BCUT2D eigenvalue weighted by Gasteiger charge is -2.06. The van der Waals surface area contributed by atoms with Crippen LogP contribution in [0.3, 0.4) is 0 Å². The number of ether oxygens (including phenoxy) is 1. The van der Waals surface area contributed by atoms with E-state index in [1.54, 1.807) is 36.4 Å². The van der Waals surface area contributed by atoms with E-state index in [0.29, 0.717) is 5.69 Å². The Kier molecular flexibility index (Phi) is 6.91. The van der Waals surface area contributed by atoms with Crippen LogP contribution >= 0.6 is 15.9 Å². The lowest BCUT2D eigenvalue weighted by molar-refractivity contribution is -0.143. The molecule has 128 valence electrons. The van der Waals surface area contributed by atoms with E-state index >= 15 is 0 Å². The van der Waals surface area contributed by atoms with Gasteiger partial charge in [0.15, 0.2) is 6.61 Å². The summed E-state index contributed by atoms with van der Waals surface area (Å²) in [7, 11) is 0. The van der Waals surface area contributed by atoms with E-state index in [4.69, 9.17) is 4.74 Å². The molecule has 0 heterocycles. The lowest BCUT2D eigenvalue weighted by atomic mass is 10.2. The van der Waals surface area contributed by atoms with Crippen LogP contribution in [0.25, 0.3) is 6.08 Å². The zero-order valence-corrected chi connectivity index (χ0v) is 14.7. The average Bonchev–Trinajstić information content (AvgIpc) is 2.60. The molecule has 2 rings (SSSR count). The van der Waals surface area contributed by atoms with Gasteiger partial charge in [-0.2, -0.15) is 0 Å². The first-order valence-corrected chi connectivity index (χ1v) is 8.08.